The zero-order valence-electron chi connectivity index (χ0n) is 10.1. The molecule has 0 unspecified atom stereocenters. The minimum absolute atomic E-state index is 0.0339. The van der Waals surface area contributed by atoms with Gasteiger partial charge in [0, 0.05) is 19.0 Å². The van der Waals surface area contributed by atoms with E-state index in [1.165, 1.54) is 4.90 Å². The Morgan fingerprint density at radius 3 is 2.29 bits per heavy atom. The van der Waals surface area contributed by atoms with Crippen molar-refractivity contribution in [3.05, 3.63) is 0 Å². The number of nitrogens with two attached hydrogens (primary N) is 1. The Labute approximate surface area is 100.0 Å². The molecule has 0 aliphatic rings. The van der Waals surface area contributed by atoms with Crippen LogP contribution in [0.2, 0.25) is 0 Å². The third-order valence-electron chi connectivity index (χ3n) is 1.84. The molecule has 17 heavy (non-hydrogen) atoms. The van der Waals surface area contributed by atoms with Crippen LogP contribution in [0.1, 0.15) is 20.3 Å². The van der Waals surface area contributed by atoms with Gasteiger partial charge in [-0.2, -0.15) is 0 Å². The third-order valence-corrected chi connectivity index (χ3v) is 1.84. The van der Waals surface area contributed by atoms with Gasteiger partial charge in [0.2, 0.25) is 11.8 Å². The van der Waals surface area contributed by atoms with E-state index < -0.39 is 11.9 Å². The average Bonchev–Trinajstić information content (AvgIpc) is 2.11. The highest BCUT2D eigenvalue weighted by Crippen LogP contribution is 1.92. The molecule has 0 aromatic rings. The molecule has 0 spiro atoms. The Balaban J connectivity index is 4.10. The van der Waals surface area contributed by atoms with Crippen LogP contribution in [0, 0.1) is 0 Å². The van der Waals surface area contributed by atoms with Crippen molar-refractivity contribution in [3.63, 3.8) is 0 Å². The molecule has 0 aromatic heterocycles. The highest BCUT2D eigenvalue weighted by molar-refractivity contribution is 5.78. The summed E-state index contributed by atoms with van der Waals surface area (Å²) in [5, 5.41) is 11.3. The minimum Gasteiger partial charge on any atom is -0.480 e. The van der Waals surface area contributed by atoms with Gasteiger partial charge in [0.1, 0.15) is 0 Å². The number of primary amides is 1. The Morgan fingerprint density at radius 2 is 1.88 bits per heavy atom. The number of amides is 2. The Morgan fingerprint density at radius 1 is 1.29 bits per heavy atom. The normalized spacial score (nSPS) is 10.6. The van der Waals surface area contributed by atoms with E-state index in [0.29, 0.717) is 0 Å². The number of hydrogen-bond acceptors (Lipinski definition) is 4. The predicted octanol–water partition coefficient (Wildman–Crippen LogP) is -1.23. The molecule has 7 heteroatoms. The zero-order chi connectivity index (χ0) is 13.4. The van der Waals surface area contributed by atoms with Gasteiger partial charge in [-0.1, -0.05) is 0 Å². The molecular formula is C10H19N3O4. The van der Waals surface area contributed by atoms with Crippen molar-refractivity contribution in [2.75, 3.05) is 19.6 Å². The minimum atomic E-state index is -1.06. The van der Waals surface area contributed by atoms with Crippen LogP contribution in [0.3, 0.4) is 0 Å². The van der Waals surface area contributed by atoms with Crippen molar-refractivity contribution in [2.24, 2.45) is 5.73 Å². The number of carbonyl (C=O) groups is 3. The first-order chi connectivity index (χ1) is 7.81. The summed E-state index contributed by atoms with van der Waals surface area (Å²) in [5.74, 6) is -1.86. The summed E-state index contributed by atoms with van der Waals surface area (Å²) in [6.45, 7) is 3.37. The molecule has 0 rings (SSSR count). The van der Waals surface area contributed by atoms with Gasteiger partial charge in [0.05, 0.1) is 13.1 Å². The van der Waals surface area contributed by atoms with Gasteiger partial charge in [-0.05, 0) is 13.8 Å². The number of carboxylic acids is 1. The molecule has 0 atom stereocenters. The highest BCUT2D eigenvalue weighted by Gasteiger charge is 2.14. The van der Waals surface area contributed by atoms with E-state index in [-0.39, 0.29) is 38.0 Å². The number of carbonyl (C=O) groups excluding carboxylic acids is 2. The largest absolute Gasteiger partial charge is 0.480 e. The monoisotopic (exact) mass is 245 g/mol. The predicted molar refractivity (Wildman–Crippen MR) is 61.2 cm³/mol. The quantitative estimate of drug-likeness (QED) is 0.496. The van der Waals surface area contributed by atoms with Gasteiger partial charge in [-0.25, -0.2) is 0 Å². The second-order valence-electron chi connectivity index (χ2n) is 4.04. The SMILES string of the molecule is CC(C)NC(=O)CCN(CC(N)=O)CC(=O)O. The molecule has 0 aromatic carbocycles. The first kappa shape index (κ1) is 15.4. The summed E-state index contributed by atoms with van der Waals surface area (Å²) in [6.07, 6.45) is 0.138. The van der Waals surface area contributed by atoms with Crippen molar-refractivity contribution in [1.29, 1.82) is 0 Å². The Hall–Kier alpha value is -1.63. The number of nitrogens with one attached hydrogen (secondary N) is 1. The van der Waals surface area contributed by atoms with Crippen LogP contribution in [0.5, 0.6) is 0 Å². The van der Waals surface area contributed by atoms with Crippen LogP contribution in [-0.4, -0.2) is 53.5 Å². The standard InChI is InChI=1S/C10H19N3O4/c1-7(2)12-9(15)3-4-13(5-8(11)14)6-10(16)17/h7H,3-6H2,1-2H3,(H2,11,14)(H,12,15)(H,16,17). The lowest BCUT2D eigenvalue weighted by Gasteiger charge is -2.18. The molecule has 0 aliphatic carbocycles. The van der Waals surface area contributed by atoms with Crippen molar-refractivity contribution < 1.29 is 19.5 Å². The van der Waals surface area contributed by atoms with E-state index in [4.69, 9.17) is 10.8 Å². The summed E-state index contributed by atoms with van der Waals surface area (Å²) in [7, 11) is 0. The van der Waals surface area contributed by atoms with Crippen molar-refractivity contribution in [2.45, 2.75) is 26.3 Å². The molecule has 2 amide bonds. The van der Waals surface area contributed by atoms with E-state index in [9.17, 15) is 14.4 Å². The van der Waals surface area contributed by atoms with Crippen LogP contribution in [-0.2, 0) is 14.4 Å². The van der Waals surface area contributed by atoms with Crippen LogP contribution in [0.4, 0.5) is 0 Å². The molecule has 0 saturated carbocycles. The zero-order valence-corrected chi connectivity index (χ0v) is 10.1. The molecular weight excluding hydrogens is 226 g/mol. The van der Waals surface area contributed by atoms with Crippen LogP contribution in [0.15, 0.2) is 0 Å². The molecule has 0 radical (unpaired) electrons. The van der Waals surface area contributed by atoms with Crippen molar-refractivity contribution >= 4 is 17.8 Å². The first-order valence-electron chi connectivity index (χ1n) is 5.33. The van der Waals surface area contributed by atoms with Gasteiger partial charge >= 0.3 is 5.97 Å². The van der Waals surface area contributed by atoms with E-state index in [2.05, 4.69) is 5.32 Å². The third kappa shape index (κ3) is 9.31. The number of carboxylic acid groups (broad SMARTS) is 1. The lowest BCUT2D eigenvalue weighted by Crippen LogP contribution is -2.40. The van der Waals surface area contributed by atoms with E-state index in [1.54, 1.807) is 0 Å². The van der Waals surface area contributed by atoms with Gasteiger partial charge in [0.25, 0.3) is 0 Å². The maximum atomic E-state index is 11.3. The summed E-state index contributed by atoms with van der Waals surface area (Å²) in [4.78, 5) is 33.9. The topological polar surface area (TPSA) is 113 Å². The maximum Gasteiger partial charge on any atom is 0.317 e. The molecule has 0 aliphatic heterocycles. The van der Waals surface area contributed by atoms with Gasteiger partial charge < -0.3 is 16.2 Å². The number of nitrogens with zero attached hydrogens (tertiary/aromatic N) is 1. The van der Waals surface area contributed by atoms with Crippen molar-refractivity contribution in [3.8, 4) is 0 Å². The summed E-state index contributed by atoms with van der Waals surface area (Å²) < 4.78 is 0. The second-order valence-corrected chi connectivity index (χ2v) is 4.04. The fourth-order valence-corrected chi connectivity index (χ4v) is 1.28. The molecule has 0 bridgehead atoms. The summed E-state index contributed by atoms with van der Waals surface area (Å²) >= 11 is 0. The molecule has 98 valence electrons. The average molecular weight is 245 g/mol. The molecule has 0 fully saturated rings. The molecule has 4 N–H and O–H groups in total. The Kier molecular flexibility index (Phi) is 6.88. The van der Waals surface area contributed by atoms with E-state index >= 15 is 0 Å². The van der Waals surface area contributed by atoms with Gasteiger partial charge in [0.15, 0.2) is 0 Å². The number of hydrogen-bond donors (Lipinski definition) is 3. The van der Waals surface area contributed by atoms with Gasteiger partial charge in [-0.3, -0.25) is 19.3 Å². The second kappa shape index (κ2) is 7.61. The van der Waals surface area contributed by atoms with Crippen LogP contribution >= 0.6 is 0 Å². The lowest BCUT2D eigenvalue weighted by atomic mass is 10.3. The van der Waals surface area contributed by atoms with E-state index in [0.717, 1.165) is 0 Å². The Bertz CT molecular complexity index is 275. The molecule has 0 saturated heterocycles. The number of aliphatic carboxylic acids is 1. The van der Waals surface area contributed by atoms with Crippen LogP contribution in [0.25, 0.3) is 0 Å². The molecule has 0 heterocycles. The summed E-state index contributed by atoms with van der Waals surface area (Å²) in [6, 6.07) is 0.0339. The fourth-order valence-electron chi connectivity index (χ4n) is 1.28. The van der Waals surface area contributed by atoms with Gasteiger partial charge in [-0.15, -0.1) is 0 Å². The number of rotatable bonds is 8. The summed E-state index contributed by atoms with van der Waals surface area (Å²) in [5.41, 5.74) is 4.98. The first-order valence-corrected chi connectivity index (χ1v) is 5.33. The fraction of sp³-hybridized carbons (Fsp3) is 0.700. The van der Waals surface area contributed by atoms with Crippen molar-refractivity contribution in [1.82, 2.24) is 10.2 Å². The maximum absolute atomic E-state index is 11.3. The smallest absolute Gasteiger partial charge is 0.317 e. The van der Waals surface area contributed by atoms with E-state index in [1.807, 2.05) is 13.8 Å². The molecule has 7 nitrogen and oxygen atoms in total. The lowest BCUT2D eigenvalue weighted by molar-refractivity contribution is -0.139. The van der Waals surface area contributed by atoms with Crippen LogP contribution < -0.4 is 11.1 Å². The highest BCUT2D eigenvalue weighted by atomic mass is 16.4.